The van der Waals surface area contributed by atoms with Gasteiger partial charge in [-0.2, -0.15) is 0 Å². The molecule has 0 spiro atoms. The van der Waals surface area contributed by atoms with Crippen LogP contribution in [0.4, 0.5) is 11.5 Å². The summed E-state index contributed by atoms with van der Waals surface area (Å²) in [6.07, 6.45) is 2.92. The van der Waals surface area contributed by atoms with Crippen LogP contribution in [0.25, 0.3) is 0 Å². The zero-order chi connectivity index (χ0) is 18.4. The number of rotatable bonds is 5. The number of aromatic nitrogens is 1. The summed E-state index contributed by atoms with van der Waals surface area (Å²) in [7, 11) is 2.16. The number of nitrogens with zero attached hydrogens (tertiary/aromatic N) is 4. The van der Waals surface area contributed by atoms with Crippen LogP contribution < -0.4 is 16.0 Å². The molecule has 0 amide bonds. The molecule has 2 heterocycles. The van der Waals surface area contributed by atoms with E-state index >= 15 is 0 Å². The Labute approximate surface area is 178 Å². The smallest absolute Gasteiger partial charge is 0.193 e. The lowest BCUT2D eigenvalue weighted by Crippen LogP contribution is -2.44. The number of likely N-dealkylation sites (N-methyl/N-ethyl adjacent to an activating group) is 1. The first-order valence-corrected chi connectivity index (χ1v) is 9.18. The van der Waals surface area contributed by atoms with Gasteiger partial charge in [0.1, 0.15) is 5.82 Å². The Kier molecular flexibility index (Phi) is 8.30. The van der Waals surface area contributed by atoms with Crippen LogP contribution in [0.15, 0.2) is 47.6 Å². The highest BCUT2D eigenvalue weighted by molar-refractivity contribution is 14.0. The number of aryl methyl sites for hydroxylation is 1. The lowest BCUT2D eigenvalue weighted by Gasteiger charge is -2.33. The van der Waals surface area contributed by atoms with Crippen molar-refractivity contribution in [3.8, 4) is 0 Å². The quantitative estimate of drug-likeness (QED) is 0.392. The van der Waals surface area contributed by atoms with Gasteiger partial charge in [-0.15, -0.1) is 24.0 Å². The lowest BCUT2D eigenvalue weighted by atomic mass is 10.1. The van der Waals surface area contributed by atoms with Crippen molar-refractivity contribution in [1.82, 2.24) is 9.88 Å². The number of guanidine groups is 1. The average Bonchev–Trinajstić information content (AvgIpc) is 2.68. The highest BCUT2D eigenvalue weighted by Crippen LogP contribution is 2.14. The molecular formula is C20H29IN6. The molecule has 27 heavy (non-hydrogen) atoms. The first-order valence-electron chi connectivity index (χ1n) is 9.18. The molecule has 0 aliphatic carbocycles. The van der Waals surface area contributed by atoms with Gasteiger partial charge < -0.3 is 20.9 Å². The van der Waals surface area contributed by atoms with Crippen LogP contribution in [0.3, 0.4) is 0 Å². The molecule has 6 nitrogen and oxygen atoms in total. The predicted molar refractivity (Wildman–Crippen MR) is 124 cm³/mol. The van der Waals surface area contributed by atoms with E-state index in [1.807, 2.05) is 18.3 Å². The third kappa shape index (κ3) is 6.35. The molecule has 3 rings (SSSR count). The maximum atomic E-state index is 5.99. The monoisotopic (exact) mass is 480 g/mol. The number of nitrogens with two attached hydrogens (primary N) is 1. The molecule has 146 valence electrons. The second-order valence-electron chi connectivity index (χ2n) is 6.69. The van der Waals surface area contributed by atoms with Gasteiger partial charge in [-0.25, -0.2) is 9.98 Å². The number of halogens is 1. The van der Waals surface area contributed by atoms with Crippen LogP contribution in [0, 0.1) is 0 Å². The Hall–Kier alpha value is -1.87. The summed E-state index contributed by atoms with van der Waals surface area (Å²) in [4.78, 5) is 13.7. The first kappa shape index (κ1) is 21.4. The third-order valence-corrected chi connectivity index (χ3v) is 4.70. The molecule has 1 fully saturated rings. The zero-order valence-electron chi connectivity index (χ0n) is 16.1. The van der Waals surface area contributed by atoms with Crippen molar-refractivity contribution >= 4 is 41.4 Å². The van der Waals surface area contributed by atoms with E-state index in [1.165, 1.54) is 5.56 Å². The van der Waals surface area contributed by atoms with Crippen LogP contribution in [0.1, 0.15) is 18.1 Å². The van der Waals surface area contributed by atoms with Crippen molar-refractivity contribution in [3.05, 3.63) is 53.7 Å². The molecule has 1 aromatic heterocycles. The second kappa shape index (κ2) is 10.5. The maximum absolute atomic E-state index is 5.99. The van der Waals surface area contributed by atoms with Crippen molar-refractivity contribution in [2.75, 3.05) is 43.4 Å². The third-order valence-electron chi connectivity index (χ3n) is 4.70. The summed E-state index contributed by atoms with van der Waals surface area (Å²) in [6.45, 7) is 6.86. The highest BCUT2D eigenvalue weighted by Gasteiger charge is 2.14. The van der Waals surface area contributed by atoms with Crippen molar-refractivity contribution < 1.29 is 0 Å². The summed E-state index contributed by atoms with van der Waals surface area (Å²) in [5.74, 6) is 1.45. The van der Waals surface area contributed by atoms with E-state index in [9.17, 15) is 0 Å². The second-order valence-corrected chi connectivity index (χ2v) is 6.69. The molecule has 1 aliphatic heterocycles. The van der Waals surface area contributed by atoms with Gasteiger partial charge >= 0.3 is 0 Å². The Morgan fingerprint density at radius 2 is 1.74 bits per heavy atom. The van der Waals surface area contributed by atoms with Crippen LogP contribution in [-0.2, 0) is 13.0 Å². The summed E-state index contributed by atoms with van der Waals surface area (Å²) >= 11 is 0. The molecular weight excluding hydrogens is 451 g/mol. The van der Waals surface area contributed by atoms with Gasteiger partial charge in [-0.05, 0) is 42.8 Å². The molecule has 0 saturated carbocycles. The summed E-state index contributed by atoms with van der Waals surface area (Å²) in [6, 6.07) is 12.4. The minimum absolute atomic E-state index is 0. The number of nitrogens with one attached hydrogen (secondary N) is 1. The number of hydrogen-bond donors (Lipinski definition) is 2. The van der Waals surface area contributed by atoms with E-state index in [0.29, 0.717) is 12.5 Å². The number of piperazine rings is 1. The molecule has 0 unspecified atom stereocenters. The van der Waals surface area contributed by atoms with Crippen LogP contribution >= 0.6 is 24.0 Å². The van der Waals surface area contributed by atoms with E-state index in [1.54, 1.807) is 0 Å². The van der Waals surface area contributed by atoms with Crippen molar-refractivity contribution in [2.24, 2.45) is 10.7 Å². The van der Waals surface area contributed by atoms with Gasteiger partial charge in [-0.3, -0.25) is 0 Å². The molecule has 7 heteroatoms. The number of aliphatic imine (C=N–C) groups is 1. The van der Waals surface area contributed by atoms with Crippen LogP contribution in [0.2, 0.25) is 0 Å². The highest BCUT2D eigenvalue weighted by atomic mass is 127. The maximum Gasteiger partial charge on any atom is 0.193 e. The summed E-state index contributed by atoms with van der Waals surface area (Å²) < 4.78 is 0. The van der Waals surface area contributed by atoms with Crippen molar-refractivity contribution in [1.29, 1.82) is 0 Å². The minimum Gasteiger partial charge on any atom is -0.370 e. The number of hydrogen-bond acceptors (Lipinski definition) is 4. The summed E-state index contributed by atoms with van der Waals surface area (Å²) in [5.41, 5.74) is 9.29. The lowest BCUT2D eigenvalue weighted by molar-refractivity contribution is 0.312. The number of pyridine rings is 1. The number of benzene rings is 1. The van der Waals surface area contributed by atoms with Gasteiger partial charge in [0, 0.05) is 38.1 Å². The molecule has 1 aliphatic rings. The van der Waals surface area contributed by atoms with E-state index < -0.39 is 0 Å². The summed E-state index contributed by atoms with van der Waals surface area (Å²) in [5, 5.41) is 3.13. The van der Waals surface area contributed by atoms with Gasteiger partial charge in [0.05, 0.1) is 6.54 Å². The molecule has 1 saturated heterocycles. The number of anilines is 2. The molecule has 2 aromatic rings. The Morgan fingerprint density at radius 3 is 2.33 bits per heavy atom. The fourth-order valence-electron chi connectivity index (χ4n) is 2.92. The Bertz CT molecular complexity index is 721. The fraction of sp³-hybridized carbons (Fsp3) is 0.400. The topological polar surface area (TPSA) is 69.8 Å². The standard InChI is InChI=1S/C20H28N6.HI/c1-3-16-4-7-18(8-5-16)24-20(21)23-15-17-6-9-19(22-14-17)26-12-10-25(2)11-13-26;/h4-9,14H,3,10-13,15H2,1-2H3,(H3,21,23,24);1H. The van der Waals surface area contributed by atoms with Crippen molar-refractivity contribution in [2.45, 2.75) is 19.9 Å². The largest absolute Gasteiger partial charge is 0.370 e. The Morgan fingerprint density at radius 1 is 1.07 bits per heavy atom. The SMILES string of the molecule is CCc1ccc(NC(N)=NCc2ccc(N3CCN(C)CC3)nc2)cc1.I. The fourth-order valence-corrected chi connectivity index (χ4v) is 2.92. The van der Waals surface area contributed by atoms with Gasteiger partial charge in [-0.1, -0.05) is 25.1 Å². The minimum atomic E-state index is 0. The van der Waals surface area contributed by atoms with E-state index in [-0.39, 0.29) is 24.0 Å². The Balaban J connectivity index is 0.00000261. The van der Waals surface area contributed by atoms with E-state index in [2.05, 4.69) is 63.3 Å². The molecule has 0 radical (unpaired) electrons. The molecule has 3 N–H and O–H groups in total. The van der Waals surface area contributed by atoms with Crippen molar-refractivity contribution in [3.63, 3.8) is 0 Å². The predicted octanol–water partition coefficient (Wildman–Crippen LogP) is 2.94. The molecule has 1 aromatic carbocycles. The average molecular weight is 480 g/mol. The van der Waals surface area contributed by atoms with E-state index in [0.717, 1.165) is 49.7 Å². The molecule has 0 bridgehead atoms. The molecule has 0 atom stereocenters. The van der Waals surface area contributed by atoms with Gasteiger partial charge in [0.25, 0.3) is 0 Å². The van der Waals surface area contributed by atoms with Gasteiger partial charge in [0.2, 0.25) is 0 Å². The zero-order valence-corrected chi connectivity index (χ0v) is 18.4. The first-order chi connectivity index (χ1) is 12.6. The van der Waals surface area contributed by atoms with E-state index in [4.69, 9.17) is 5.73 Å². The van der Waals surface area contributed by atoms with Gasteiger partial charge in [0.15, 0.2) is 5.96 Å². The van der Waals surface area contributed by atoms with Crippen LogP contribution in [-0.4, -0.2) is 49.1 Å². The normalized spacial score (nSPS) is 15.3. The van der Waals surface area contributed by atoms with Crippen LogP contribution in [0.5, 0.6) is 0 Å².